The third kappa shape index (κ3) is 4.66. The van der Waals surface area contributed by atoms with Crippen LogP contribution in [-0.4, -0.2) is 21.0 Å². The molecular weight excluding hydrogens is 320 g/mol. The van der Waals surface area contributed by atoms with Crippen molar-refractivity contribution in [3.8, 4) is 0 Å². The van der Waals surface area contributed by atoms with E-state index in [1.54, 1.807) is 12.1 Å². The Balaban J connectivity index is 2.68. The first kappa shape index (κ1) is 15.0. The van der Waals surface area contributed by atoms with Gasteiger partial charge in [-0.05, 0) is 24.6 Å². The Hall–Kier alpha value is -1.08. The van der Waals surface area contributed by atoms with E-state index in [4.69, 9.17) is 0 Å². The number of halogens is 1. The summed E-state index contributed by atoms with van der Waals surface area (Å²) >= 11 is 3.18. The Morgan fingerprint density at radius 1 is 1.39 bits per heavy atom. The first-order valence-electron chi connectivity index (χ1n) is 5.52. The number of urea groups is 1. The molecule has 0 bridgehead atoms. The van der Waals surface area contributed by atoms with Gasteiger partial charge < -0.3 is 5.32 Å². The van der Waals surface area contributed by atoms with Gasteiger partial charge in [0.25, 0.3) is 10.0 Å². The van der Waals surface area contributed by atoms with Crippen molar-refractivity contribution in [3.63, 3.8) is 0 Å². The molecule has 18 heavy (non-hydrogen) atoms. The summed E-state index contributed by atoms with van der Waals surface area (Å²) in [7, 11) is -3.81. The molecule has 7 heteroatoms. The van der Waals surface area contributed by atoms with Crippen molar-refractivity contribution in [2.45, 2.75) is 24.7 Å². The predicted molar refractivity (Wildman–Crippen MR) is 72.8 cm³/mol. The smallest absolute Gasteiger partial charge is 0.328 e. The highest BCUT2D eigenvalue weighted by atomic mass is 79.9. The quantitative estimate of drug-likeness (QED) is 0.811. The molecule has 0 atom stereocenters. The largest absolute Gasteiger partial charge is 0.337 e. The molecule has 100 valence electrons. The third-order valence-corrected chi connectivity index (χ3v) is 3.97. The molecule has 1 rings (SSSR count). The van der Waals surface area contributed by atoms with Crippen molar-refractivity contribution in [2.24, 2.45) is 0 Å². The Morgan fingerprint density at radius 2 is 2.11 bits per heavy atom. The summed E-state index contributed by atoms with van der Waals surface area (Å²) in [5, 5.41) is 2.48. The average Bonchev–Trinajstić information content (AvgIpc) is 2.28. The van der Waals surface area contributed by atoms with E-state index in [9.17, 15) is 13.2 Å². The number of carbonyl (C=O) groups is 1. The van der Waals surface area contributed by atoms with Crippen LogP contribution in [0.2, 0.25) is 0 Å². The van der Waals surface area contributed by atoms with Gasteiger partial charge in [0.1, 0.15) is 0 Å². The van der Waals surface area contributed by atoms with Gasteiger partial charge in [0.15, 0.2) is 0 Å². The van der Waals surface area contributed by atoms with E-state index in [1.165, 1.54) is 12.1 Å². The van der Waals surface area contributed by atoms with Crippen LogP contribution < -0.4 is 10.0 Å². The van der Waals surface area contributed by atoms with Gasteiger partial charge in [0, 0.05) is 11.0 Å². The lowest BCUT2D eigenvalue weighted by Crippen LogP contribution is -2.39. The molecule has 0 saturated heterocycles. The van der Waals surface area contributed by atoms with Crippen LogP contribution in [0.1, 0.15) is 19.8 Å². The number of hydrogen-bond donors (Lipinski definition) is 2. The summed E-state index contributed by atoms with van der Waals surface area (Å²) in [5.41, 5.74) is 0. The van der Waals surface area contributed by atoms with Gasteiger partial charge in [0.05, 0.1) is 4.90 Å². The van der Waals surface area contributed by atoms with Crippen LogP contribution in [0.4, 0.5) is 4.79 Å². The highest BCUT2D eigenvalue weighted by Gasteiger charge is 2.17. The van der Waals surface area contributed by atoms with Crippen LogP contribution in [0.3, 0.4) is 0 Å². The number of rotatable bonds is 5. The highest BCUT2D eigenvalue weighted by molar-refractivity contribution is 9.10. The maximum Gasteiger partial charge on any atom is 0.328 e. The van der Waals surface area contributed by atoms with Gasteiger partial charge in [0.2, 0.25) is 0 Å². The number of hydrogen-bond acceptors (Lipinski definition) is 3. The molecule has 0 aliphatic heterocycles. The zero-order valence-corrected chi connectivity index (χ0v) is 12.3. The summed E-state index contributed by atoms with van der Waals surface area (Å²) in [6, 6.07) is 5.45. The first-order valence-corrected chi connectivity index (χ1v) is 7.79. The van der Waals surface area contributed by atoms with E-state index >= 15 is 0 Å². The molecule has 0 radical (unpaired) electrons. The lowest BCUT2D eigenvalue weighted by molar-refractivity contribution is 0.245. The summed E-state index contributed by atoms with van der Waals surface area (Å²) in [6.07, 6.45) is 1.74. The van der Waals surface area contributed by atoms with Gasteiger partial charge in [-0.25, -0.2) is 17.9 Å². The number of benzene rings is 1. The van der Waals surface area contributed by atoms with E-state index in [-0.39, 0.29) is 4.90 Å². The van der Waals surface area contributed by atoms with E-state index in [0.717, 1.165) is 12.8 Å². The van der Waals surface area contributed by atoms with Crippen LogP contribution in [0, 0.1) is 0 Å². The van der Waals surface area contributed by atoms with E-state index in [2.05, 4.69) is 21.2 Å². The molecule has 0 spiro atoms. The van der Waals surface area contributed by atoms with Crippen molar-refractivity contribution in [1.29, 1.82) is 0 Å². The second kappa shape index (κ2) is 6.75. The molecule has 2 N–H and O–H groups in total. The molecule has 0 heterocycles. The molecule has 5 nitrogen and oxygen atoms in total. The van der Waals surface area contributed by atoms with Gasteiger partial charge >= 0.3 is 6.03 Å². The van der Waals surface area contributed by atoms with E-state index in [0.29, 0.717) is 11.0 Å². The minimum Gasteiger partial charge on any atom is -0.337 e. The maximum absolute atomic E-state index is 11.8. The SMILES string of the molecule is CCCCNC(=O)NS(=O)(=O)c1cccc(Br)c1. The van der Waals surface area contributed by atoms with Gasteiger partial charge in [-0.3, -0.25) is 0 Å². The molecule has 0 aliphatic rings. The van der Waals surface area contributed by atoms with Crippen LogP contribution in [-0.2, 0) is 10.0 Å². The third-order valence-electron chi connectivity index (χ3n) is 2.15. The normalized spacial score (nSPS) is 11.0. The number of sulfonamides is 1. The van der Waals surface area contributed by atoms with Crippen molar-refractivity contribution in [2.75, 3.05) is 6.54 Å². The summed E-state index contributed by atoms with van der Waals surface area (Å²) in [5.74, 6) is 0. The van der Waals surface area contributed by atoms with Crippen molar-refractivity contribution in [3.05, 3.63) is 28.7 Å². The first-order chi connectivity index (χ1) is 8.45. The number of unbranched alkanes of at least 4 members (excludes halogenated alkanes) is 1. The summed E-state index contributed by atoms with van der Waals surface area (Å²) < 4.78 is 26.3. The minimum absolute atomic E-state index is 0.0440. The van der Waals surface area contributed by atoms with E-state index < -0.39 is 16.1 Å². The van der Waals surface area contributed by atoms with Crippen LogP contribution in [0.15, 0.2) is 33.6 Å². The lowest BCUT2D eigenvalue weighted by atomic mass is 10.3. The van der Waals surface area contributed by atoms with Gasteiger partial charge in [-0.15, -0.1) is 0 Å². The molecular formula is C11H15BrN2O3S. The number of amides is 2. The van der Waals surface area contributed by atoms with Gasteiger partial charge in [-0.2, -0.15) is 0 Å². The maximum atomic E-state index is 11.8. The Morgan fingerprint density at radius 3 is 2.72 bits per heavy atom. The highest BCUT2D eigenvalue weighted by Crippen LogP contribution is 2.15. The monoisotopic (exact) mass is 334 g/mol. The fourth-order valence-electron chi connectivity index (χ4n) is 1.23. The van der Waals surface area contributed by atoms with Crippen molar-refractivity contribution in [1.82, 2.24) is 10.0 Å². The topological polar surface area (TPSA) is 75.3 Å². The Bertz CT molecular complexity index is 517. The van der Waals surface area contributed by atoms with Crippen LogP contribution in [0.5, 0.6) is 0 Å². The molecule has 0 aromatic heterocycles. The molecule has 0 saturated carbocycles. The molecule has 0 fully saturated rings. The molecule has 1 aromatic carbocycles. The van der Waals surface area contributed by atoms with Gasteiger partial charge in [-0.1, -0.05) is 35.3 Å². The molecule has 0 unspecified atom stereocenters. The Labute approximate surface area is 115 Å². The standard InChI is InChI=1S/C11H15BrN2O3S/c1-2-3-7-13-11(15)14-18(16,17)10-6-4-5-9(12)8-10/h4-6,8H,2-3,7H2,1H3,(H2,13,14,15). The fourth-order valence-corrected chi connectivity index (χ4v) is 2.75. The second-order valence-electron chi connectivity index (χ2n) is 3.67. The Kier molecular flexibility index (Phi) is 5.61. The van der Waals surface area contributed by atoms with E-state index in [1.807, 2.05) is 11.6 Å². The predicted octanol–water partition coefficient (Wildman–Crippen LogP) is 2.24. The van der Waals surface area contributed by atoms with Crippen LogP contribution >= 0.6 is 15.9 Å². The molecule has 0 aliphatic carbocycles. The van der Waals surface area contributed by atoms with Crippen LogP contribution in [0.25, 0.3) is 0 Å². The number of carbonyl (C=O) groups excluding carboxylic acids is 1. The zero-order chi connectivity index (χ0) is 13.6. The zero-order valence-electron chi connectivity index (χ0n) is 9.94. The van der Waals surface area contributed by atoms with Crippen molar-refractivity contribution < 1.29 is 13.2 Å². The molecule has 1 aromatic rings. The fraction of sp³-hybridized carbons (Fsp3) is 0.364. The lowest BCUT2D eigenvalue weighted by Gasteiger charge is -2.08. The van der Waals surface area contributed by atoms with Crippen molar-refractivity contribution >= 4 is 32.0 Å². The average molecular weight is 335 g/mol. The summed E-state index contributed by atoms with van der Waals surface area (Å²) in [4.78, 5) is 11.4. The number of nitrogens with one attached hydrogen (secondary N) is 2. The summed E-state index contributed by atoms with van der Waals surface area (Å²) in [6.45, 7) is 2.44. The molecule has 2 amide bonds. The second-order valence-corrected chi connectivity index (χ2v) is 6.27. The minimum atomic E-state index is -3.81.